The maximum atomic E-state index is 13.1. The Bertz CT molecular complexity index is 1040. The zero-order valence-corrected chi connectivity index (χ0v) is 19.9. The van der Waals surface area contributed by atoms with Crippen LogP contribution in [-0.2, 0) is 19.2 Å². The fraction of sp³-hybridized carbons (Fsp3) is 0.333. The molecule has 0 aliphatic carbocycles. The molecule has 0 amide bonds. The summed E-state index contributed by atoms with van der Waals surface area (Å²) in [7, 11) is -4.44. The Balaban J connectivity index is 2.27. The van der Waals surface area contributed by atoms with Crippen molar-refractivity contribution in [2.24, 2.45) is 5.92 Å². The largest absolute Gasteiger partial charge is 0.379 e. The molecule has 0 heterocycles. The molecule has 0 N–H and O–H groups in total. The summed E-state index contributed by atoms with van der Waals surface area (Å²) in [6.45, 7) is 6.05. The number of rotatable bonds is 11. The van der Waals surface area contributed by atoms with Gasteiger partial charge in [-0.2, -0.15) is 8.42 Å². The van der Waals surface area contributed by atoms with Crippen LogP contribution in [0.3, 0.4) is 0 Å². The Morgan fingerprint density at radius 3 is 2.50 bits per heavy atom. The molecule has 2 aromatic carbocycles. The van der Waals surface area contributed by atoms with Crippen molar-refractivity contribution in [1.29, 1.82) is 0 Å². The van der Waals surface area contributed by atoms with Gasteiger partial charge in [-0.05, 0) is 48.5 Å². The number of nitrogens with zero attached hydrogens (tertiary/aromatic N) is 1. The Hall–Kier alpha value is -1.52. The van der Waals surface area contributed by atoms with Crippen molar-refractivity contribution in [3.63, 3.8) is 0 Å². The van der Waals surface area contributed by atoms with Crippen molar-refractivity contribution in [1.82, 2.24) is 0 Å². The molecular formula is C18H22NO7PS3. The van der Waals surface area contributed by atoms with E-state index in [-0.39, 0.29) is 12.4 Å². The molecule has 0 saturated carbocycles. The number of benzene rings is 2. The van der Waals surface area contributed by atoms with Gasteiger partial charge < -0.3 is 8.71 Å². The van der Waals surface area contributed by atoms with Crippen LogP contribution in [-0.4, -0.2) is 25.7 Å². The summed E-state index contributed by atoms with van der Waals surface area (Å²) in [5, 5.41) is 11.1. The van der Waals surface area contributed by atoms with Crippen LogP contribution < -0.4 is 4.18 Å². The first-order chi connectivity index (χ1) is 14.1. The summed E-state index contributed by atoms with van der Waals surface area (Å²) < 4.78 is 48.9. The monoisotopic (exact) mass is 491 g/mol. The average molecular weight is 492 g/mol. The van der Waals surface area contributed by atoms with E-state index in [1.807, 2.05) is 13.8 Å². The molecule has 0 spiro atoms. The van der Waals surface area contributed by atoms with Gasteiger partial charge in [0.15, 0.2) is 4.90 Å². The lowest BCUT2D eigenvalue weighted by atomic mass is 10.3. The topological polar surface area (TPSA) is 113 Å². The van der Waals surface area contributed by atoms with Crippen LogP contribution in [0.25, 0.3) is 0 Å². The maximum absolute atomic E-state index is 13.1. The second-order valence-corrected chi connectivity index (χ2v) is 15.2. The molecule has 0 bridgehead atoms. The predicted molar refractivity (Wildman–Crippen MR) is 120 cm³/mol. The van der Waals surface area contributed by atoms with Crippen molar-refractivity contribution >= 4 is 44.3 Å². The normalized spacial score (nSPS) is 13.7. The highest BCUT2D eigenvalue weighted by Crippen LogP contribution is 2.72. The Morgan fingerprint density at radius 1 is 1.17 bits per heavy atom. The van der Waals surface area contributed by atoms with Gasteiger partial charge in [0.1, 0.15) is 5.75 Å². The quantitative estimate of drug-likeness (QED) is 0.162. The molecule has 8 nitrogen and oxygen atoms in total. The molecule has 2 rings (SSSR count). The van der Waals surface area contributed by atoms with Crippen molar-refractivity contribution in [3.8, 4) is 5.75 Å². The molecule has 0 radical (unpaired) electrons. The van der Waals surface area contributed by atoms with Gasteiger partial charge in [0.05, 0.1) is 11.5 Å². The van der Waals surface area contributed by atoms with E-state index in [1.54, 1.807) is 19.1 Å². The fourth-order valence-electron chi connectivity index (χ4n) is 2.19. The fourth-order valence-corrected chi connectivity index (χ4v) is 10.4. The van der Waals surface area contributed by atoms with E-state index in [2.05, 4.69) is 0 Å². The summed E-state index contributed by atoms with van der Waals surface area (Å²) >= 11 is 2.25. The van der Waals surface area contributed by atoms with Crippen molar-refractivity contribution < 1.29 is 26.6 Å². The summed E-state index contributed by atoms with van der Waals surface area (Å²) in [5.41, 5.74) is -0.575. The van der Waals surface area contributed by atoms with Gasteiger partial charge in [0.2, 0.25) is 0 Å². The van der Waals surface area contributed by atoms with Gasteiger partial charge in [0.25, 0.3) is 5.69 Å². The molecule has 0 saturated heterocycles. The Morgan fingerprint density at radius 2 is 1.87 bits per heavy atom. The van der Waals surface area contributed by atoms with Crippen LogP contribution in [0.4, 0.5) is 5.69 Å². The molecule has 12 heteroatoms. The molecule has 164 valence electrons. The second-order valence-electron chi connectivity index (χ2n) is 6.38. The van der Waals surface area contributed by atoms with Gasteiger partial charge >= 0.3 is 15.9 Å². The zero-order valence-electron chi connectivity index (χ0n) is 16.6. The van der Waals surface area contributed by atoms with Crippen molar-refractivity contribution in [3.05, 3.63) is 58.6 Å². The van der Waals surface area contributed by atoms with E-state index in [0.717, 1.165) is 23.5 Å². The van der Waals surface area contributed by atoms with Gasteiger partial charge in [-0.15, -0.1) is 0 Å². The molecule has 0 aliphatic rings. The number of para-hydroxylation sites is 1. The van der Waals surface area contributed by atoms with Crippen LogP contribution in [0.15, 0.2) is 58.3 Å². The first-order valence-corrected chi connectivity index (χ1v) is 15.0. The first kappa shape index (κ1) is 24.7. The highest BCUT2D eigenvalue weighted by Gasteiger charge is 2.29. The summed E-state index contributed by atoms with van der Waals surface area (Å²) in [4.78, 5) is 10.3. The van der Waals surface area contributed by atoms with E-state index in [1.165, 1.54) is 35.6 Å². The van der Waals surface area contributed by atoms with Gasteiger partial charge in [-0.3, -0.25) is 14.7 Å². The predicted octanol–water partition coefficient (Wildman–Crippen LogP) is 5.99. The van der Waals surface area contributed by atoms with Crippen LogP contribution in [0.5, 0.6) is 5.75 Å². The maximum Gasteiger partial charge on any atom is 0.346 e. The van der Waals surface area contributed by atoms with Crippen LogP contribution in [0.1, 0.15) is 20.8 Å². The minimum absolute atomic E-state index is 0.0462. The Labute approximate surface area is 184 Å². The second kappa shape index (κ2) is 10.7. The molecule has 1 unspecified atom stereocenters. The minimum atomic E-state index is -4.44. The third-order valence-corrected chi connectivity index (χ3v) is 12.1. The highest BCUT2D eigenvalue weighted by atomic mass is 33.1. The van der Waals surface area contributed by atoms with E-state index >= 15 is 0 Å². The first-order valence-electron chi connectivity index (χ1n) is 8.93. The summed E-state index contributed by atoms with van der Waals surface area (Å²) in [6, 6.07) is 11.0. The average Bonchev–Trinajstić information content (AvgIpc) is 2.66. The molecule has 0 aromatic heterocycles. The van der Waals surface area contributed by atoms with E-state index in [4.69, 9.17) is 8.71 Å². The number of hydrogen-bond donors (Lipinski definition) is 0. The van der Waals surface area contributed by atoms with Crippen molar-refractivity contribution in [2.75, 3.05) is 12.4 Å². The van der Waals surface area contributed by atoms with E-state index in [9.17, 15) is 23.1 Å². The van der Waals surface area contributed by atoms with Crippen molar-refractivity contribution in [2.45, 2.75) is 30.6 Å². The lowest BCUT2D eigenvalue weighted by Crippen LogP contribution is -2.11. The lowest BCUT2D eigenvalue weighted by molar-refractivity contribution is -0.387. The minimum Gasteiger partial charge on any atom is -0.379 e. The van der Waals surface area contributed by atoms with Crippen LogP contribution >= 0.6 is 28.5 Å². The smallest absolute Gasteiger partial charge is 0.346 e. The summed E-state index contributed by atoms with van der Waals surface area (Å²) in [6.07, 6.45) is 0. The third-order valence-electron chi connectivity index (χ3n) is 3.41. The lowest BCUT2D eigenvalue weighted by Gasteiger charge is -2.17. The van der Waals surface area contributed by atoms with Crippen LogP contribution in [0.2, 0.25) is 0 Å². The SMILES string of the molecule is CCOP(=O)(SCC(C)C)Sc1cccc(OS(=O)(=O)c2ccccc2[N+](=O)[O-])c1. The van der Waals surface area contributed by atoms with Crippen LogP contribution in [0, 0.1) is 16.0 Å². The Kier molecular flexibility index (Phi) is 8.81. The number of nitro groups is 1. The molecular weight excluding hydrogens is 469 g/mol. The molecule has 2 aromatic rings. The van der Waals surface area contributed by atoms with Gasteiger partial charge in [-0.25, -0.2) is 0 Å². The standard InChI is InChI=1S/C18H22NO7PS3/c1-4-25-27(22,28-13-14(2)3)29-16-9-7-8-15(12-16)26-30(23,24)18-11-6-5-10-17(18)19(20)21/h5-12,14H,4,13H2,1-3H3. The van der Waals surface area contributed by atoms with E-state index in [0.29, 0.717) is 16.6 Å². The van der Waals surface area contributed by atoms with Gasteiger partial charge in [-0.1, -0.05) is 43.4 Å². The zero-order chi connectivity index (χ0) is 22.4. The number of nitro benzene ring substituents is 1. The molecule has 30 heavy (non-hydrogen) atoms. The van der Waals surface area contributed by atoms with Gasteiger partial charge in [0, 0.05) is 16.7 Å². The van der Waals surface area contributed by atoms with E-state index < -0.39 is 31.4 Å². The highest BCUT2D eigenvalue weighted by molar-refractivity contribution is 8.89. The molecule has 1 atom stereocenters. The molecule has 0 aliphatic heterocycles. The number of hydrogen-bond acceptors (Lipinski definition) is 9. The summed E-state index contributed by atoms with van der Waals surface area (Å²) in [5.74, 6) is -2.18. The molecule has 0 fully saturated rings. The third kappa shape index (κ3) is 7.02.